The van der Waals surface area contributed by atoms with Crippen LogP contribution in [0.2, 0.25) is 0 Å². The van der Waals surface area contributed by atoms with Gasteiger partial charge in [-0.05, 0) is 40.2 Å². The maximum atomic E-state index is 12.5. The van der Waals surface area contributed by atoms with Gasteiger partial charge in [-0.1, -0.05) is 30.3 Å². The Morgan fingerprint density at radius 2 is 1.85 bits per heavy atom. The van der Waals surface area contributed by atoms with Crippen LogP contribution in [0.3, 0.4) is 0 Å². The van der Waals surface area contributed by atoms with Crippen LogP contribution in [0.1, 0.15) is 46.3 Å². The molecule has 0 bridgehead atoms. The molecule has 0 saturated carbocycles. The van der Waals surface area contributed by atoms with E-state index in [0.29, 0.717) is 6.61 Å². The Hall–Kier alpha value is -1.55. The zero-order valence-electron chi connectivity index (χ0n) is 12.8. The Morgan fingerprint density at radius 1 is 1.25 bits per heavy atom. The average molecular weight is 277 g/mol. The van der Waals surface area contributed by atoms with Crippen molar-refractivity contribution < 1.29 is 14.3 Å². The molecule has 1 atom stereocenters. The van der Waals surface area contributed by atoms with Crippen molar-refractivity contribution in [3.8, 4) is 0 Å². The summed E-state index contributed by atoms with van der Waals surface area (Å²) in [6, 6.07) is 9.72. The summed E-state index contributed by atoms with van der Waals surface area (Å²) in [5.41, 5.74) is -0.0230. The van der Waals surface area contributed by atoms with Crippen LogP contribution in [0.5, 0.6) is 0 Å². The fourth-order valence-electron chi connectivity index (χ4n) is 2.67. The van der Waals surface area contributed by atoms with Crippen molar-refractivity contribution in [2.45, 2.75) is 52.0 Å². The summed E-state index contributed by atoms with van der Waals surface area (Å²) < 4.78 is 11.3. The number of carbonyl (C=O) groups is 1. The molecule has 1 unspecified atom stereocenters. The number of amides is 1. The summed E-state index contributed by atoms with van der Waals surface area (Å²) in [5, 5.41) is 0. The van der Waals surface area contributed by atoms with Gasteiger partial charge in [-0.3, -0.25) is 4.90 Å². The molecule has 4 nitrogen and oxygen atoms in total. The largest absolute Gasteiger partial charge is 0.441 e. The molecular weight excluding hydrogens is 254 g/mol. The lowest BCUT2D eigenvalue weighted by Gasteiger charge is -2.37. The van der Waals surface area contributed by atoms with Crippen molar-refractivity contribution in [1.82, 2.24) is 4.90 Å². The van der Waals surface area contributed by atoms with Crippen LogP contribution in [0.4, 0.5) is 4.79 Å². The van der Waals surface area contributed by atoms with Gasteiger partial charge in [-0.25, -0.2) is 4.79 Å². The lowest BCUT2D eigenvalue weighted by atomic mass is 10.0. The van der Waals surface area contributed by atoms with E-state index in [0.717, 1.165) is 5.56 Å². The van der Waals surface area contributed by atoms with E-state index < -0.39 is 5.72 Å². The Kier molecular flexibility index (Phi) is 3.78. The molecule has 20 heavy (non-hydrogen) atoms. The normalized spacial score (nSPS) is 21.6. The van der Waals surface area contributed by atoms with Gasteiger partial charge in [0.15, 0.2) is 0 Å². The van der Waals surface area contributed by atoms with Crippen molar-refractivity contribution in [3.05, 3.63) is 35.9 Å². The molecule has 0 spiro atoms. The molecule has 1 saturated heterocycles. The highest BCUT2D eigenvalue weighted by Gasteiger charge is 2.49. The van der Waals surface area contributed by atoms with E-state index in [1.54, 1.807) is 4.90 Å². The van der Waals surface area contributed by atoms with Crippen molar-refractivity contribution >= 4 is 6.09 Å². The van der Waals surface area contributed by atoms with Gasteiger partial charge in [0.25, 0.3) is 0 Å². The fraction of sp³-hybridized carbons (Fsp3) is 0.562. The number of ether oxygens (including phenoxy) is 2. The van der Waals surface area contributed by atoms with Crippen molar-refractivity contribution in [1.29, 1.82) is 0 Å². The standard InChI is InChI=1S/C16H23NO3/c1-12(13-9-7-6-8-10-13)20-14(18)17-15(2,3)11-19-16(17,4)5/h6-10,12H,11H2,1-5H3. The first-order valence-electron chi connectivity index (χ1n) is 6.94. The summed E-state index contributed by atoms with van der Waals surface area (Å²) in [6.45, 7) is 10.1. The zero-order valence-corrected chi connectivity index (χ0v) is 12.8. The molecule has 2 rings (SSSR count). The lowest BCUT2D eigenvalue weighted by molar-refractivity contribution is -0.0574. The first kappa shape index (κ1) is 14.9. The van der Waals surface area contributed by atoms with E-state index in [4.69, 9.17) is 9.47 Å². The highest BCUT2D eigenvalue weighted by molar-refractivity contribution is 5.70. The quantitative estimate of drug-likeness (QED) is 0.826. The first-order chi connectivity index (χ1) is 9.24. The van der Waals surface area contributed by atoms with Gasteiger partial charge >= 0.3 is 6.09 Å². The summed E-state index contributed by atoms with van der Waals surface area (Å²) in [4.78, 5) is 14.2. The third-order valence-corrected chi connectivity index (χ3v) is 3.65. The van der Waals surface area contributed by atoms with Crippen LogP contribution in [-0.4, -0.2) is 28.9 Å². The van der Waals surface area contributed by atoms with Crippen LogP contribution >= 0.6 is 0 Å². The molecule has 1 aromatic rings. The van der Waals surface area contributed by atoms with Crippen LogP contribution in [0.15, 0.2) is 30.3 Å². The minimum absolute atomic E-state index is 0.282. The summed E-state index contributed by atoms with van der Waals surface area (Å²) in [6.07, 6.45) is -0.621. The smallest absolute Gasteiger partial charge is 0.413 e. The molecule has 1 fully saturated rings. The molecule has 110 valence electrons. The molecule has 0 aromatic heterocycles. The van der Waals surface area contributed by atoms with Gasteiger partial charge in [0.1, 0.15) is 11.8 Å². The highest BCUT2D eigenvalue weighted by atomic mass is 16.6. The molecule has 1 heterocycles. The summed E-state index contributed by atoms with van der Waals surface area (Å²) >= 11 is 0. The predicted molar refractivity (Wildman–Crippen MR) is 77.3 cm³/mol. The maximum absolute atomic E-state index is 12.5. The third-order valence-electron chi connectivity index (χ3n) is 3.65. The van der Waals surface area contributed by atoms with Gasteiger partial charge in [0.05, 0.1) is 12.1 Å². The SMILES string of the molecule is CC(OC(=O)N1C(C)(C)COC1(C)C)c1ccccc1. The molecule has 1 aromatic carbocycles. The number of hydrogen-bond donors (Lipinski definition) is 0. The fourth-order valence-corrected chi connectivity index (χ4v) is 2.67. The average Bonchev–Trinajstić information content (AvgIpc) is 2.59. The summed E-state index contributed by atoms with van der Waals surface area (Å²) in [7, 11) is 0. The molecule has 1 aliphatic rings. The van der Waals surface area contributed by atoms with Crippen LogP contribution in [0.25, 0.3) is 0 Å². The molecule has 0 aliphatic carbocycles. The Bertz CT molecular complexity index is 466. The topological polar surface area (TPSA) is 38.8 Å². The van der Waals surface area contributed by atoms with E-state index >= 15 is 0 Å². The number of rotatable bonds is 2. The van der Waals surface area contributed by atoms with Gasteiger partial charge in [-0.2, -0.15) is 0 Å². The van der Waals surface area contributed by atoms with Gasteiger partial charge in [0, 0.05) is 0 Å². The molecule has 0 radical (unpaired) electrons. The molecule has 4 heteroatoms. The molecule has 1 aliphatic heterocycles. The summed E-state index contributed by atoms with van der Waals surface area (Å²) in [5.74, 6) is 0. The second-order valence-electron chi connectivity index (χ2n) is 6.32. The van der Waals surface area contributed by atoms with Gasteiger partial charge in [0.2, 0.25) is 0 Å². The molecular formula is C16H23NO3. The van der Waals surface area contributed by atoms with E-state index in [1.165, 1.54) is 0 Å². The third kappa shape index (κ3) is 2.80. The Morgan fingerprint density at radius 3 is 2.35 bits per heavy atom. The Balaban J connectivity index is 2.12. The monoisotopic (exact) mass is 277 g/mol. The number of carbonyl (C=O) groups excluding carboxylic acids is 1. The molecule has 0 N–H and O–H groups in total. The zero-order chi connectivity index (χ0) is 15.0. The number of benzene rings is 1. The van der Waals surface area contributed by atoms with Crippen molar-refractivity contribution in [2.75, 3.05) is 6.61 Å². The Labute approximate surface area is 120 Å². The molecule has 1 amide bonds. The van der Waals surface area contributed by atoms with Crippen molar-refractivity contribution in [3.63, 3.8) is 0 Å². The van der Waals surface area contributed by atoms with E-state index in [1.807, 2.05) is 65.0 Å². The van der Waals surface area contributed by atoms with Crippen LogP contribution < -0.4 is 0 Å². The second-order valence-corrected chi connectivity index (χ2v) is 6.32. The van der Waals surface area contributed by atoms with Crippen molar-refractivity contribution in [2.24, 2.45) is 0 Å². The van der Waals surface area contributed by atoms with Gasteiger partial charge in [-0.15, -0.1) is 0 Å². The minimum atomic E-state index is -0.642. The maximum Gasteiger partial charge on any atom is 0.413 e. The van der Waals surface area contributed by atoms with Crippen LogP contribution in [-0.2, 0) is 9.47 Å². The lowest BCUT2D eigenvalue weighted by Crippen LogP contribution is -2.53. The first-order valence-corrected chi connectivity index (χ1v) is 6.94. The van der Waals surface area contributed by atoms with Crippen LogP contribution in [0, 0.1) is 0 Å². The van der Waals surface area contributed by atoms with E-state index in [2.05, 4.69) is 0 Å². The second kappa shape index (κ2) is 5.09. The number of hydrogen-bond acceptors (Lipinski definition) is 3. The van der Waals surface area contributed by atoms with Gasteiger partial charge < -0.3 is 9.47 Å². The predicted octanol–water partition coefficient (Wildman–Crippen LogP) is 3.73. The van der Waals surface area contributed by atoms with E-state index in [-0.39, 0.29) is 17.7 Å². The van der Waals surface area contributed by atoms with E-state index in [9.17, 15) is 4.79 Å². The number of nitrogens with zero attached hydrogens (tertiary/aromatic N) is 1. The highest BCUT2D eigenvalue weighted by Crippen LogP contribution is 2.36. The minimum Gasteiger partial charge on any atom is -0.441 e.